The molecule has 0 N–H and O–H groups in total. The molecule has 0 spiro atoms. The van der Waals surface area contributed by atoms with E-state index in [4.69, 9.17) is 9.47 Å². The highest BCUT2D eigenvalue weighted by molar-refractivity contribution is 7.85. The minimum absolute atomic E-state index is 0.00958. The molecule has 7 heteroatoms. The molecule has 34 heavy (non-hydrogen) atoms. The number of hydrogen-bond donors (Lipinski definition) is 0. The van der Waals surface area contributed by atoms with Gasteiger partial charge in [0, 0.05) is 5.41 Å². The van der Waals surface area contributed by atoms with Gasteiger partial charge in [0.1, 0.15) is 22.5 Å². The van der Waals surface area contributed by atoms with Gasteiger partial charge in [-0.05, 0) is 85.8 Å². The van der Waals surface area contributed by atoms with Gasteiger partial charge in [-0.25, -0.2) is 8.42 Å². The Kier molecular flexibility index (Phi) is 5.81. The molecule has 4 saturated carbocycles. The number of carbonyl (C=O) groups is 1. The third kappa shape index (κ3) is 4.51. The van der Waals surface area contributed by atoms with E-state index >= 15 is 0 Å². The van der Waals surface area contributed by atoms with Crippen molar-refractivity contribution in [3.8, 4) is 5.75 Å². The fourth-order valence-electron chi connectivity index (χ4n) is 6.85. The van der Waals surface area contributed by atoms with Crippen LogP contribution in [0.2, 0.25) is 0 Å². The number of hydrogen-bond acceptors (Lipinski definition) is 6. The van der Waals surface area contributed by atoms with Crippen molar-refractivity contribution in [1.82, 2.24) is 0 Å². The van der Waals surface area contributed by atoms with Crippen LogP contribution in [0, 0.1) is 22.7 Å². The molecule has 0 aliphatic heterocycles. The summed E-state index contributed by atoms with van der Waals surface area (Å²) in [5.41, 5.74) is 1.22. The average molecular weight is 482 g/mol. The van der Waals surface area contributed by atoms with Crippen LogP contribution in [0.3, 0.4) is 0 Å². The zero-order valence-electron chi connectivity index (χ0n) is 19.1. The number of benzene rings is 2. The summed E-state index contributed by atoms with van der Waals surface area (Å²) in [6.07, 6.45) is 7.68. The van der Waals surface area contributed by atoms with E-state index in [9.17, 15) is 17.8 Å². The minimum Gasteiger partial charge on any atom is -0.744 e. The van der Waals surface area contributed by atoms with Crippen molar-refractivity contribution < 1.29 is 27.2 Å². The molecule has 0 radical (unpaired) electrons. The van der Waals surface area contributed by atoms with Gasteiger partial charge in [0.05, 0.1) is 16.9 Å². The van der Waals surface area contributed by atoms with Crippen molar-refractivity contribution in [1.29, 1.82) is 0 Å². The van der Waals surface area contributed by atoms with Gasteiger partial charge in [0.15, 0.2) is 0 Å². The quantitative estimate of drug-likeness (QED) is 0.392. The Morgan fingerprint density at radius 2 is 1.68 bits per heavy atom. The van der Waals surface area contributed by atoms with Gasteiger partial charge in [0.2, 0.25) is 0 Å². The van der Waals surface area contributed by atoms with Crippen LogP contribution in [0.4, 0.5) is 0 Å². The molecule has 0 aromatic heterocycles. The summed E-state index contributed by atoms with van der Waals surface area (Å²) in [6, 6.07) is 13.4. The smallest absolute Gasteiger partial charge is 0.312 e. The SMILES string of the molecule is C=Cc1ccc(OCC23CC4CC(C2)CC(C(=O)OCc2ccc(S(=O)(=O)[O-])cc2)(C4)C3)cc1. The van der Waals surface area contributed by atoms with Crippen molar-refractivity contribution in [3.63, 3.8) is 0 Å². The highest BCUT2D eigenvalue weighted by atomic mass is 32.2. The lowest BCUT2D eigenvalue weighted by Crippen LogP contribution is -2.57. The number of carbonyl (C=O) groups excluding carboxylic acids is 1. The van der Waals surface area contributed by atoms with Gasteiger partial charge in [-0.1, -0.05) is 36.9 Å². The molecule has 4 bridgehead atoms. The molecule has 2 unspecified atom stereocenters. The van der Waals surface area contributed by atoms with Crippen molar-refractivity contribution in [2.24, 2.45) is 22.7 Å². The molecule has 0 saturated heterocycles. The first-order valence-corrected chi connectivity index (χ1v) is 13.2. The van der Waals surface area contributed by atoms with Crippen LogP contribution >= 0.6 is 0 Å². The van der Waals surface area contributed by atoms with Crippen LogP contribution < -0.4 is 4.74 Å². The summed E-state index contributed by atoms with van der Waals surface area (Å²) in [7, 11) is -4.49. The monoisotopic (exact) mass is 481 g/mol. The second kappa shape index (κ2) is 8.54. The lowest BCUT2D eigenvalue weighted by atomic mass is 9.44. The van der Waals surface area contributed by atoms with E-state index < -0.39 is 15.5 Å². The van der Waals surface area contributed by atoms with Crippen molar-refractivity contribution in [3.05, 3.63) is 66.2 Å². The highest BCUT2D eigenvalue weighted by Gasteiger charge is 2.61. The zero-order chi connectivity index (χ0) is 24.0. The predicted molar refractivity (Wildman–Crippen MR) is 126 cm³/mol. The van der Waals surface area contributed by atoms with E-state index in [0.717, 1.165) is 43.4 Å². The van der Waals surface area contributed by atoms with Gasteiger partial charge in [0.25, 0.3) is 0 Å². The van der Waals surface area contributed by atoms with Crippen LogP contribution in [0.25, 0.3) is 6.08 Å². The summed E-state index contributed by atoms with van der Waals surface area (Å²) in [5.74, 6) is 1.70. The molecule has 4 fully saturated rings. The Balaban J connectivity index is 1.26. The van der Waals surface area contributed by atoms with Gasteiger partial charge in [-0.3, -0.25) is 4.79 Å². The van der Waals surface area contributed by atoms with Crippen LogP contribution in [0.5, 0.6) is 5.75 Å². The van der Waals surface area contributed by atoms with Gasteiger partial charge in [-0.15, -0.1) is 0 Å². The van der Waals surface area contributed by atoms with Crippen LogP contribution in [0.1, 0.15) is 49.7 Å². The van der Waals surface area contributed by atoms with Crippen molar-refractivity contribution in [2.75, 3.05) is 6.61 Å². The Hall–Kier alpha value is -2.64. The van der Waals surface area contributed by atoms with Crippen molar-refractivity contribution in [2.45, 2.75) is 50.0 Å². The third-order valence-electron chi connectivity index (χ3n) is 7.86. The Labute approximate surface area is 200 Å². The molecule has 0 amide bonds. The summed E-state index contributed by atoms with van der Waals surface area (Å²) in [4.78, 5) is 13.1. The van der Waals surface area contributed by atoms with E-state index in [2.05, 4.69) is 6.58 Å². The maximum Gasteiger partial charge on any atom is 0.312 e. The van der Waals surface area contributed by atoms with Gasteiger partial charge in [-0.2, -0.15) is 0 Å². The molecule has 2 aromatic rings. The molecule has 0 heterocycles. The second-order valence-corrected chi connectivity index (χ2v) is 11.9. The van der Waals surface area contributed by atoms with E-state index in [-0.39, 0.29) is 22.9 Å². The van der Waals surface area contributed by atoms with E-state index in [0.29, 0.717) is 24.0 Å². The standard InChI is InChI=1S/C27H30O6S/c1-2-19-3-7-23(8-4-19)33-18-26-12-21-11-22(13-26)15-27(14-21,17-26)25(28)32-16-20-5-9-24(10-6-20)34(29,30)31/h2-10,21-22H,1,11-18H2,(H,29,30,31)/p-1. The Bertz CT molecular complexity index is 1170. The molecule has 2 aromatic carbocycles. The summed E-state index contributed by atoms with van der Waals surface area (Å²) in [5, 5.41) is 0. The number of rotatable bonds is 8. The first-order valence-electron chi connectivity index (χ1n) is 11.8. The van der Waals surface area contributed by atoms with E-state index in [1.807, 2.05) is 24.3 Å². The molecular formula is C27H29O6S-. The van der Waals surface area contributed by atoms with Crippen LogP contribution in [-0.4, -0.2) is 25.5 Å². The lowest BCUT2D eigenvalue weighted by molar-refractivity contribution is -0.185. The predicted octanol–water partition coefficient (Wildman–Crippen LogP) is 4.94. The summed E-state index contributed by atoms with van der Waals surface area (Å²) >= 11 is 0. The molecule has 6 nitrogen and oxygen atoms in total. The topological polar surface area (TPSA) is 92.7 Å². The largest absolute Gasteiger partial charge is 0.744 e. The summed E-state index contributed by atoms with van der Waals surface area (Å²) in [6.45, 7) is 4.45. The molecule has 6 rings (SSSR count). The first kappa shape index (κ1) is 23.1. The van der Waals surface area contributed by atoms with Crippen molar-refractivity contribution >= 4 is 22.2 Å². The molecule has 180 valence electrons. The van der Waals surface area contributed by atoms with Gasteiger partial charge >= 0.3 is 5.97 Å². The molecule has 4 aliphatic carbocycles. The Morgan fingerprint density at radius 1 is 1.03 bits per heavy atom. The Morgan fingerprint density at radius 3 is 2.26 bits per heavy atom. The number of ether oxygens (including phenoxy) is 2. The van der Waals surface area contributed by atoms with Crippen LogP contribution in [0.15, 0.2) is 60.0 Å². The normalized spacial score (nSPS) is 29.6. The highest BCUT2D eigenvalue weighted by Crippen LogP contribution is 2.65. The first-order chi connectivity index (χ1) is 16.2. The van der Waals surface area contributed by atoms with Crippen LogP contribution in [-0.2, 0) is 26.3 Å². The van der Waals surface area contributed by atoms with E-state index in [1.54, 1.807) is 6.08 Å². The fraction of sp³-hybridized carbons (Fsp3) is 0.444. The molecular weight excluding hydrogens is 452 g/mol. The minimum atomic E-state index is -4.49. The zero-order valence-corrected chi connectivity index (χ0v) is 19.9. The van der Waals surface area contributed by atoms with Gasteiger partial charge < -0.3 is 14.0 Å². The maximum absolute atomic E-state index is 13.4. The number of esters is 1. The summed E-state index contributed by atoms with van der Waals surface area (Å²) < 4.78 is 45.3. The van der Waals surface area contributed by atoms with E-state index in [1.165, 1.54) is 30.7 Å². The third-order valence-corrected chi connectivity index (χ3v) is 8.71. The molecule has 2 atom stereocenters. The fourth-order valence-corrected chi connectivity index (χ4v) is 7.32. The maximum atomic E-state index is 13.4. The average Bonchev–Trinajstić information content (AvgIpc) is 2.80. The second-order valence-electron chi connectivity index (χ2n) is 10.5. The molecule has 4 aliphatic rings. The lowest BCUT2D eigenvalue weighted by Gasteiger charge is -2.60.